The van der Waals surface area contributed by atoms with Gasteiger partial charge in [-0.2, -0.15) is 0 Å². The van der Waals surface area contributed by atoms with E-state index in [-0.39, 0.29) is 6.03 Å². The third-order valence-corrected chi connectivity index (χ3v) is 3.52. The Hall–Kier alpha value is -0.810. The molecule has 5 nitrogen and oxygen atoms in total. The molecule has 0 spiro atoms. The van der Waals surface area contributed by atoms with Crippen molar-refractivity contribution in [3.63, 3.8) is 0 Å². The van der Waals surface area contributed by atoms with Gasteiger partial charge in [0.05, 0.1) is 6.61 Å². The Balaban J connectivity index is 2.46. The molecule has 0 bridgehead atoms. The fourth-order valence-corrected chi connectivity index (χ4v) is 2.19. The maximum Gasteiger partial charge on any atom is 0.320 e. The van der Waals surface area contributed by atoms with E-state index in [0.717, 1.165) is 44.8 Å². The first-order valence-electron chi connectivity index (χ1n) is 6.92. The van der Waals surface area contributed by atoms with Gasteiger partial charge < -0.3 is 20.3 Å². The molecule has 5 heteroatoms. The minimum atomic E-state index is 0.146. The largest absolute Gasteiger partial charge is 0.383 e. The first-order valence-corrected chi connectivity index (χ1v) is 6.92. The van der Waals surface area contributed by atoms with Crippen LogP contribution in [0.15, 0.2) is 0 Å². The zero-order valence-corrected chi connectivity index (χ0v) is 11.7. The number of methoxy groups -OCH3 is 1. The number of carbonyl (C=O) groups excluding carboxylic acids is 1. The van der Waals surface area contributed by atoms with Crippen LogP contribution >= 0.6 is 0 Å². The molecule has 106 valence electrons. The van der Waals surface area contributed by atoms with Crippen molar-refractivity contribution < 1.29 is 9.53 Å². The lowest BCUT2D eigenvalue weighted by molar-refractivity contribution is 0.114. The van der Waals surface area contributed by atoms with Gasteiger partial charge in [-0.05, 0) is 31.7 Å². The molecule has 0 aliphatic carbocycles. The van der Waals surface area contributed by atoms with Gasteiger partial charge in [0.1, 0.15) is 0 Å². The average molecular weight is 257 g/mol. The summed E-state index contributed by atoms with van der Waals surface area (Å²) in [4.78, 5) is 16.2. The molecule has 0 saturated carbocycles. The maximum absolute atomic E-state index is 12.4. The van der Waals surface area contributed by atoms with Crippen LogP contribution in [0.4, 0.5) is 4.79 Å². The van der Waals surface area contributed by atoms with E-state index < -0.39 is 0 Å². The Morgan fingerprint density at radius 1 is 1.39 bits per heavy atom. The Morgan fingerprint density at radius 3 is 2.61 bits per heavy atom. The Morgan fingerprint density at radius 2 is 2.06 bits per heavy atom. The van der Waals surface area contributed by atoms with E-state index in [9.17, 15) is 4.79 Å². The van der Waals surface area contributed by atoms with Crippen molar-refractivity contribution >= 4 is 6.03 Å². The monoisotopic (exact) mass is 257 g/mol. The van der Waals surface area contributed by atoms with Gasteiger partial charge in [-0.15, -0.1) is 0 Å². The van der Waals surface area contributed by atoms with E-state index in [0.29, 0.717) is 19.7 Å². The lowest BCUT2D eigenvalue weighted by Gasteiger charge is -2.35. The molecular formula is C13H27N3O2. The molecule has 0 atom stereocenters. The number of nitrogens with two attached hydrogens (primary N) is 1. The minimum absolute atomic E-state index is 0.146. The van der Waals surface area contributed by atoms with E-state index in [1.54, 1.807) is 7.11 Å². The molecule has 0 aromatic heterocycles. The highest BCUT2D eigenvalue weighted by Gasteiger charge is 2.24. The van der Waals surface area contributed by atoms with E-state index in [1.165, 1.54) is 0 Å². The standard InChI is InChI=1S/C13H27N3O2/c1-12-4-8-16(9-5-12)13(17)15(7-3-6-14)10-11-18-2/h12H,3-11,14H2,1-2H3. The van der Waals surface area contributed by atoms with Crippen LogP contribution in [0.3, 0.4) is 0 Å². The van der Waals surface area contributed by atoms with Gasteiger partial charge in [0, 0.05) is 33.3 Å². The minimum Gasteiger partial charge on any atom is -0.383 e. The summed E-state index contributed by atoms with van der Waals surface area (Å²) in [5.41, 5.74) is 5.52. The Bertz CT molecular complexity index is 232. The number of likely N-dealkylation sites (tertiary alicyclic amines) is 1. The summed E-state index contributed by atoms with van der Waals surface area (Å²) in [6, 6.07) is 0.146. The van der Waals surface area contributed by atoms with Crippen molar-refractivity contribution in [2.45, 2.75) is 26.2 Å². The molecule has 2 amide bonds. The SMILES string of the molecule is COCCN(CCCN)C(=O)N1CCC(C)CC1. The fourth-order valence-electron chi connectivity index (χ4n) is 2.19. The Labute approximate surface area is 110 Å². The molecule has 1 rings (SSSR count). The number of ether oxygens (including phenoxy) is 1. The summed E-state index contributed by atoms with van der Waals surface area (Å²) in [5.74, 6) is 0.741. The Kier molecular flexibility index (Phi) is 7.05. The van der Waals surface area contributed by atoms with Gasteiger partial charge in [0.15, 0.2) is 0 Å². The van der Waals surface area contributed by atoms with Crippen LogP contribution in [-0.4, -0.2) is 62.3 Å². The topological polar surface area (TPSA) is 58.8 Å². The van der Waals surface area contributed by atoms with Crippen LogP contribution in [0.5, 0.6) is 0 Å². The molecular weight excluding hydrogens is 230 g/mol. The molecule has 1 saturated heterocycles. The quantitative estimate of drug-likeness (QED) is 0.776. The van der Waals surface area contributed by atoms with Crippen LogP contribution in [0.25, 0.3) is 0 Å². The van der Waals surface area contributed by atoms with E-state index in [4.69, 9.17) is 10.5 Å². The molecule has 0 radical (unpaired) electrons. The summed E-state index contributed by atoms with van der Waals surface area (Å²) in [5, 5.41) is 0. The van der Waals surface area contributed by atoms with Gasteiger partial charge in [-0.1, -0.05) is 6.92 Å². The molecule has 1 aliphatic rings. The summed E-state index contributed by atoms with van der Waals surface area (Å²) in [6.07, 6.45) is 3.07. The molecule has 0 aromatic rings. The lowest BCUT2D eigenvalue weighted by atomic mass is 9.99. The normalized spacial score (nSPS) is 16.9. The van der Waals surface area contributed by atoms with Crippen LogP contribution in [0, 0.1) is 5.92 Å². The molecule has 1 aliphatic heterocycles. The predicted octanol–water partition coefficient (Wildman–Crippen LogP) is 1.14. The third kappa shape index (κ3) is 4.82. The fraction of sp³-hybridized carbons (Fsp3) is 0.923. The summed E-state index contributed by atoms with van der Waals surface area (Å²) >= 11 is 0. The molecule has 0 unspecified atom stereocenters. The van der Waals surface area contributed by atoms with Crippen LogP contribution in [0.1, 0.15) is 26.2 Å². The molecule has 1 fully saturated rings. The van der Waals surface area contributed by atoms with Gasteiger partial charge in [-0.3, -0.25) is 0 Å². The van der Waals surface area contributed by atoms with Crippen LogP contribution in [-0.2, 0) is 4.74 Å². The lowest BCUT2D eigenvalue weighted by Crippen LogP contribution is -2.48. The molecule has 18 heavy (non-hydrogen) atoms. The van der Waals surface area contributed by atoms with Crippen LogP contribution in [0.2, 0.25) is 0 Å². The second kappa shape index (κ2) is 8.32. The first-order chi connectivity index (χ1) is 8.69. The smallest absolute Gasteiger partial charge is 0.320 e. The number of urea groups is 1. The van der Waals surface area contributed by atoms with Crippen molar-refractivity contribution in [2.75, 3.05) is 46.4 Å². The zero-order valence-electron chi connectivity index (χ0n) is 11.7. The molecule has 1 heterocycles. The number of hydrogen-bond donors (Lipinski definition) is 1. The highest BCUT2D eigenvalue weighted by molar-refractivity contribution is 5.74. The second-order valence-electron chi connectivity index (χ2n) is 5.07. The maximum atomic E-state index is 12.4. The number of nitrogens with zero attached hydrogens (tertiary/aromatic N) is 2. The number of hydrogen-bond acceptors (Lipinski definition) is 3. The van der Waals surface area contributed by atoms with Crippen molar-refractivity contribution in [3.05, 3.63) is 0 Å². The van der Waals surface area contributed by atoms with Crippen molar-refractivity contribution in [1.82, 2.24) is 9.80 Å². The summed E-state index contributed by atoms with van der Waals surface area (Å²) in [6.45, 7) is 6.59. The summed E-state index contributed by atoms with van der Waals surface area (Å²) < 4.78 is 5.06. The first kappa shape index (κ1) is 15.2. The highest BCUT2D eigenvalue weighted by atomic mass is 16.5. The van der Waals surface area contributed by atoms with Crippen LogP contribution < -0.4 is 5.73 Å². The molecule has 0 aromatic carbocycles. The highest BCUT2D eigenvalue weighted by Crippen LogP contribution is 2.17. The number of carbonyl (C=O) groups is 1. The van der Waals surface area contributed by atoms with E-state index in [2.05, 4.69) is 6.92 Å². The number of piperidine rings is 1. The van der Waals surface area contributed by atoms with Crippen molar-refractivity contribution in [2.24, 2.45) is 11.7 Å². The second-order valence-corrected chi connectivity index (χ2v) is 5.07. The third-order valence-electron chi connectivity index (χ3n) is 3.52. The number of rotatable bonds is 6. The van der Waals surface area contributed by atoms with Gasteiger partial charge in [0.2, 0.25) is 0 Å². The van der Waals surface area contributed by atoms with Gasteiger partial charge in [-0.25, -0.2) is 4.79 Å². The van der Waals surface area contributed by atoms with E-state index in [1.807, 2.05) is 9.80 Å². The van der Waals surface area contributed by atoms with Gasteiger partial charge in [0.25, 0.3) is 0 Å². The van der Waals surface area contributed by atoms with Gasteiger partial charge >= 0.3 is 6.03 Å². The zero-order chi connectivity index (χ0) is 13.4. The van der Waals surface area contributed by atoms with Crippen molar-refractivity contribution in [3.8, 4) is 0 Å². The number of amides is 2. The van der Waals surface area contributed by atoms with Crippen molar-refractivity contribution in [1.29, 1.82) is 0 Å². The average Bonchev–Trinajstić information content (AvgIpc) is 2.39. The summed E-state index contributed by atoms with van der Waals surface area (Å²) in [7, 11) is 1.66. The molecule has 2 N–H and O–H groups in total. The predicted molar refractivity (Wildman–Crippen MR) is 72.5 cm³/mol. The van der Waals surface area contributed by atoms with E-state index >= 15 is 0 Å².